The molecule has 0 fully saturated rings. The minimum Gasteiger partial charge on any atom is -0.496 e. The average Bonchev–Trinajstić information content (AvgIpc) is 2.68. The van der Waals surface area contributed by atoms with Gasteiger partial charge in [-0.3, -0.25) is 0 Å². The van der Waals surface area contributed by atoms with E-state index in [-0.39, 0.29) is 0 Å². The van der Waals surface area contributed by atoms with Crippen LogP contribution < -0.4 is 11.1 Å². The van der Waals surface area contributed by atoms with E-state index in [9.17, 15) is 0 Å². The summed E-state index contributed by atoms with van der Waals surface area (Å²) in [4.78, 5) is 0. The van der Waals surface area contributed by atoms with Crippen LogP contribution in [0.15, 0.2) is 84.8 Å². The largest absolute Gasteiger partial charge is 0.496 e. The molecule has 0 aliphatic carbocycles. The maximum Gasteiger partial charge on any atom is 0.126 e. The van der Waals surface area contributed by atoms with E-state index >= 15 is 0 Å². The standard InChI is InChI=1S/C23H28N2O/c1-18(25-22-14-12-20(13-15-22)8-7-17-24)11-16-23(26-3)19(2)21-9-5-4-6-10-21/h4-6,9-16,25H,2,7-8,17,24H2,1,3H3/b18-11+,23-16+. The van der Waals surface area contributed by atoms with Crippen molar-refractivity contribution in [1.29, 1.82) is 0 Å². The fourth-order valence-corrected chi connectivity index (χ4v) is 2.60. The van der Waals surface area contributed by atoms with E-state index < -0.39 is 0 Å². The highest BCUT2D eigenvalue weighted by molar-refractivity contribution is 5.75. The van der Waals surface area contributed by atoms with E-state index in [1.54, 1.807) is 7.11 Å². The number of allylic oxidation sites excluding steroid dienone is 4. The van der Waals surface area contributed by atoms with E-state index in [4.69, 9.17) is 10.5 Å². The zero-order valence-electron chi connectivity index (χ0n) is 15.7. The van der Waals surface area contributed by atoms with Crippen LogP contribution in [0.5, 0.6) is 0 Å². The highest BCUT2D eigenvalue weighted by atomic mass is 16.5. The van der Waals surface area contributed by atoms with Crippen LogP contribution >= 0.6 is 0 Å². The molecule has 0 amide bonds. The van der Waals surface area contributed by atoms with Crippen molar-refractivity contribution in [2.24, 2.45) is 5.73 Å². The molecular formula is C23H28N2O. The van der Waals surface area contributed by atoms with Crippen LogP contribution in [0.2, 0.25) is 0 Å². The predicted octanol–water partition coefficient (Wildman–Crippen LogP) is 5.14. The molecule has 0 heterocycles. The van der Waals surface area contributed by atoms with Crippen LogP contribution in [-0.2, 0) is 11.2 Å². The van der Waals surface area contributed by atoms with E-state index in [1.165, 1.54) is 5.56 Å². The molecule has 0 aliphatic heterocycles. The molecule has 26 heavy (non-hydrogen) atoms. The van der Waals surface area contributed by atoms with Crippen LogP contribution in [0.25, 0.3) is 5.57 Å². The number of nitrogens with one attached hydrogen (secondary N) is 1. The fraction of sp³-hybridized carbons (Fsp3) is 0.217. The van der Waals surface area contributed by atoms with Gasteiger partial charge in [0.25, 0.3) is 0 Å². The second kappa shape index (κ2) is 10.3. The molecule has 0 bridgehead atoms. The Hall–Kier alpha value is -2.78. The Kier molecular flexibility index (Phi) is 7.72. The summed E-state index contributed by atoms with van der Waals surface area (Å²) in [6.07, 6.45) is 5.97. The van der Waals surface area contributed by atoms with Gasteiger partial charge in [0.05, 0.1) is 7.11 Å². The van der Waals surface area contributed by atoms with Gasteiger partial charge in [-0.2, -0.15) is 0 Å². The van der Waals surface area contributed by atoms with Gasteiger partial charge in [-0.05, 0) is 61.7 Å². The summed E-state index contributed by atoms with van der Waals surface area (Å²) in [6, 6.07) is 18.5. The van der Waals surface area contributed by atoms with Crippen molar-refractivity contribution in [2.45, 2.75) is 19.8 Å². The summed E-state index contributed by atoms with van der Waals surface area (Å²) in [5.74, 6) is 0.745. The first-order chi connectivity index (χ1) is 12.6. The van der Waals surface area contributed by atoms with Crippen LogP contribution in [-0.4, -0.2) is 13.7 Å². The normalized spacial score (nSPS) is 12.0. The molecule has 0 aliphatic rings. The van der Waals surface area contributed by atoms with Gasteiger partial charge in [0, 0.05) is 17.0 Å². The molecule has 0 saturated carbocycles. The van der Waals surface area contributed by atoms with Crippen molar-refractivity contribution in [3.63, 3.8) is 0 Å². The molecule has 3 nitrogen and oxygen atoms in total. The summed E-state index contributed by atoms with van der Waals surface area (Å²) < 4.78 is 5.50. The van der Waals surface area contributed by atoms with Crippen LogP contribution in [0.4, 0.5) is 5.69 Å². The summed E-state index contributed by atoms with van der Waals surface area (Å²) in [5.41, 5.74) is 10.9. The first-order valence-corrected chi connectivity index (χ1v) is 8.87. The third-order valence-corrected chi connectivity index (χ3v) is 4.09. The highest BCUT2D eigenvalue weighted by Crippen LogP contribution is 2.21. The molecule has 136 valence electrons. The zero-order valence-corrected chi connectivity index (χ0v) is 15.7. The maximum atomic E-state index is 5.56. The SMILES string of the molecule is C=C(/C(=C\C=C(/C)Nc1ccc(CCCN)cc1)OC)c1ccccc1. The van der Waals surface area contributed by atoms with E-state index in [0.717, 1.165) is 47.7 Å². The number of methoxy groups -OCH3 is 1. The molecular weight excluding hydrogens is 320 g/mol. The lowest BCUT2D eigenvalue weighted by Crippen LogP contribution is -2.00. The topological polar surface area (TPSA) is 47.3 Å². The summed E-state index contributed by atoms with van der Waals surface area (Å²) >= 11 is 0. The predicted molar refractivity (Wildman–Crippen MR) is 112 cm³/mol. The average molecular weight is 348 g/mol. The monoisotopic (exact) mass is 348 g/mol. The lowest BCUT2D eigenvalue weighted by atomic mass is 10.1. The van der Waals surface area contributed by atoms with Crippen molar-refractivity contribution in [3.8, 4) is 0 Å². The van der Waals surface area contributed by atoms with Gasteiger partial charge in [0.15, 0.2) is 0 Å². The molecule has 0 spiro atoms. The van der Waals surface area contributed by atoms with Gasteiger partial charge < -0.3 is 15.8 Å². The Balaban J connectivity index is 2.03. The Labute approximate surface area is 156 Å². The Morgan fingerprint density at radius 1 is 1.08 bits per heavy atom. The quantitative estimate of drug-likeness (QED) is 0.487. The molecule has 2 aromatic rings. The summed E-state index contributed by atoms with van der Waals surface area (Å²) in [5, 5.41) is 3.39. The molecule has 0 aromatic heterocycles. The van der Waals surface area contributed by atoms with Crippen molar-refractivity contribution in [1.82, 2.24) is 0 Å². The van der Waals surface area contributed by atoms with Crippen molar-refractivity contribution < 1.29 is 4.74 Å². The molecule has 0 unspecified atom stereocenters. The number of nitrogens with two attached hydrogens (primary N) is 1. The van der Waals surface area contributed by atoms with Crippen molar-refractivity contribution >= 4 is 11.3 Å². The van der Waals surface area contributed by atoms with E-state index in [2.05, 4.69) is 36.2 Å². The maximum absolute atomic E-state index is 5.56. The summed E-state index contributed by atoms with van der Waals surface area (Å²) in [7, 11) is 1.66. The van der Waals surface area contributed by atoms with Gasteiger partial charge >= 0.3 is 0 Å². The number of hydrogen-bond acceptors (Lipinski definition) is 3. The third kappa shape index (κ3) is 5.94. The van der Waals surface area contributed by atoms with Crippen LogP contribution in [0.1, 0.15) is 24.5 Å². The minimum absolute atomic E-state index is 0.726. The number of benzene rings is 2. The smallest absolute Gasteiger partial charge is 0.126 e. The molecule has 0 saturated heterocycles. The van der Waals surface area contributed by atoms with Gasteiger partial charge in [0.2, 0.25) is 0 Å². The fourth-order valence-electron chi connectivity index (χ4n) is 2.60. The van der Waals surface area contributed by atoms with Gasteiger partial charge in [0.1, 0.15) is 5.76 Å². The lowest BCUT2D eigenvalue weighted by molar-refractivity contribution is 0.311. The van der Waals surface area contributed by atoms with Crippen molar-refractivity contribution in [2.75, 3.05) is 19.0 Å². The Morgan fingerprint density at radius 3 is 2.38 bits per heavy atom. The van der Waals surface area contributed by atoms with Gasteiger partial charge in [-0.25, -0.2) is 0 Å². The number of aryl methyl sites for hydroxylation is 1. The zero-order chi connectivity index (χ0) is 18.8. The Bertz CT molecular complexity index is 759. The third-order valence-electron chi connectivity index (χ3n) is 4.09. The molecule has 2 rings (SSSR count). The molecule has 2 aromatic carbocycles. The first-order valence-electron chi connectivity index (χ1n) is 8.87. The van der Waals surface area contributed by atoms with Crippen LogP contribution in [0.3, 0.4) is 0 Å². The van der Waals surface area contributed by atoms with Gasteiger partial charge in [-0.15, -0.1) is 0 Å². The number of anilines is 1. The van der Waals surface area contributed by atoms with Crippen LogP contribution in [0, 0.1) is 0 Å². The number of hydrogen-bond donors (Lipinski definition) is 2. The second-order valence-corrected chi connectivity index (χ2v) is 6.14. The summed E-state index contributed by atoms with van der Waals surface area (Å²) in [6.45, 7) is 6.89. The highest BCUT2D eigenvalue weighted by Gasteiger charge is 2.04. The molecule has 3 N–H and O–H groups in total. The Morgan fingerprint density at radius 2 is 1.77 bits per heavy atom. The van der Waals surface area contributed by atoms with E-state index in [0.29, 0.717) is 0 Å². The van der Waals surface area contributed by atoms with E-state index in [1.807, 2.05) is 49.4 Å². The molecule has 0 atom stereocenters. The minimum atomic E-state index is 0.726. The number of rotatable bonds is 9. The molecule has 3 heteroatoms. The molecule has 0 radical (unpaired) electrons. The second-order valence-electron chi connectivity index (χ2n) is 6.14. The van der Waals surface area contributed by atoms with Crippen molar-refractivity contribution in [3.05, 3.63) is 95.9 Å². The van der Waals surface area contributed by atoms with Gasteiger partial charge in [-0.1, -0.05) is 49.0 Å². The first kappa shape index (κ1) is 19.5. The number of ether oxygens (including phenoxy) is 1. The lowest BCUT2D eigenvalue weighted by Gasteiger charge is -2.10.